The molecule has 1 saturated heterocycles. The molecule has 2 nitrogen and oxygen atoms in total. The number of nitrogens with zero attached hydrogens (tertiary/aromatic N) is 2. The Hall–Kier alpha value is -0.860. The lowest BCUT2D eigenvalue weighted by Gasteiger charge is -2.33. The molecule has 0 N–H and O–H groups in total. The SMILES string of the molecule is Cc1cccc([C@H]2CCC[C@@H]3CN(CCN(C)C)C[C@H]32)c1. The first kappa shape index (κ1) is 15.1. The summed E-state index contributed by atoms with van der Waals surface area (Å²) < 4.78 is 0. The molecule has 1 aromatic carbocycles. The van der Waals surface area contributed by atoms with Crippen LogP contribution in [0.4, 0.5) is 0 Å². The maximum atomic E-state index is 2.71. The van der Waals surface area contributed by atoms with Crippen molar-refractivity contribution in [1.82, 2.24) is 9.80 Å². The third kappa shape index (κ3) is 3.49. The van der Waals surface area contributed by atoms with Gasteiger partial charge < -0.3 is 9.80 Å². The van der Waals surface area contributed by atoms with Crippen molar-refractivity contribution in [3.63, 3.8) is 0 Å². The van der Waals surface area contributed by atoms with E-state index in [0.717, 1.165) is 17.8 Å². The number of aryl methyl sites for hydroxylation is 1. The molecule has 2 fully saturated rings. The first-order valence-corrected chi connectivity index (χ1v) is 8.57. The van der Waals surface area contributed by atoms with E-state index >= 15 is 0 Å². The van der Waals surface area contributed by atoms with Crippen LogP contribution in [0.3, 0.4) is 0 Å². The van der Waals surface area contributed by atoms with Gasteiger partial charge in [0.2, 0.25) is 0 Å². The Morgan fingerprint density at radius 3 is 2.81 bits per heavy atom. The summed E-state index contributed by atoms with van der Waals surface area (Å²) in [5, 5.41) is 0. The predicted octanol–water partition coefficient (Wildman–Crippen LogP) is 3.37. The number of likely N-dealkylation sites (tertiary alicyclic amines) is 1. The highest BCUT2D eigenvalue weighted by atomic mass is 15.2. The Bertz CT molecular complexity index is 468. The second-order valence-electron chi connectivity index (χ2n) is 7.44. The van der Waals surface area contributed by atoms with Gasteiger partial charge in [-0.1, -0.05) is 36.2 Å². The molecule has 3 atom stereocenters. The van der Waals surface area contributed by atoms with Gasteiger partial charge in [-0.25, -0.2) is 0 Å². The van der Waals surface area contributed by atoms with E-state index in [0.29, 0.717) is 0 Å². The molecule has 0 aromatic heterocycles. The maximum absolute atomic E-state index is 2.71. The molecule has 1 aliphatic heterocycles. The fourth-order valence-corrected chi connectivity index (χ4v) is 4.40. The zero-order valence-electron chi connectivity index (χ0n) is 13.9. The highest BCUT2D eigenvalue weighted by molar-refractivity contribution is 5.27. The predicted molar refractivity (Wildman–Crippen MR) is 89.7 cm³/mol. The molecule has 2 heteroatoms. The minimum Gasteiger partial charge on any atom is -0.308 e. The van der Waals surface area contributed by atoms with Crippen molar-refractivity contribution in [2.45, 2.75) is 32.1 Å². The molecule has 0 unspecified atom stereocenters. The van der Waals surface area contributed by atoms with E-state index in [-0.39, 0.29) is 0 Å². The smallest absolute Gasteiger partial charge is 0.0109 e. The van der Waals surface area contributed by atoms with Gasteiger partial charge in [0, 0.05) is 26.2 Å². The molecule has 1 aromatic rings. The van der Waals surface area contributed by atoms with Crippen molar-refractivity contribution >= 4 is 0 Å². The average Bonchev–Trinajstić information content (AvgIpc) is 2.88. The van der Waals surface area contributed by atoms with Crippen LogP contribution >= 0.6 is 0 Å². The Kier molecular flexibility index (Phi) is 4.66. The second-order valence-corrected chi connectivity index (χ2v) is 7.44. The molecule has 2 aliphatic rings. The summed E-state index contributed by atoms with van der Waals surface area (Å²) in [5.74, 6) is 2.63. The molecule has 0 amide bonds. The van der Waals surface area contributed by atoms with Gasteiger partial charge in [0.25, 0.3) is 0 Å². The summed E-state index contributed by atoms with van der Waals surface area (Å²) in [6, 6.07) is 9.26. The Morgan fingerprint density at radius 1 is 1.19 bits per heavy atom. The third-order valence-corrected chi connectivity index (χ3v) is 5.51. The topological polar surface area (TPSA) is 6.48 Å². The molecular weight excluding hydrogens is 256 g/mol. The number of fused-ring (bicyclic) bond motifs is 1. The van der Waals surface area contributed by atoms with Gasteiger partial charge in [-0.2, -0.15) is 0 Å². The van der Waals surface area contributed by atoms with E-state index in [4.69, 9.17) is 0 Å². The van der Waals surface area contributed by atoms with Gasteiger partial charge in [0.1, 0.15) is 0 Å². The average molecular weight is 286 g/mol. The summed E-state index contributed by atoms with van der Waals surface area (Å²) in [5.41, 5.74) is 3.01. The van der Waals surface area contributed by atoms with Crippen molar-refractivity contribution < 1.29 is 0 Å². The lowest BCUT2D eigenvalue weighted by Crippen LogP contribution is -2.30. The first-order chi connectivity index (χ1) is 10.1. The van der Waals surface area contributed by atoms with Gasteiger partial charge in [0.15, 0.2) is 0 Å². The molecular formula is C19H30N2. The molecule has 1 heterocycles. The molecule has 1 saturated carbocycles. The highest BCUT2D eigenvalue weighted by Crippen LogP contribution is 2.45. The standard InChI is InChI=1S/C19H30N2/c1-15-6-4-7-16(12-15)18-9-5-8-17-13-21(14-19(17)18)11-10-20(2)3/h4,6-7,12,17-19H,5,8-11,13-14H2,1-3H3/t17-,18-,19-/m1/s1. The van der Waals surface area contributed by atoms with E-state index in [1.807, 2.05) is 0 Å². The fraction of sp³-hybridized carbons (Fsp3) is 0.684. The number of benzene rings is 1. The maximum Gasteiger partial charge on any atom is 0.0109 e. The van der Waals surface area contributed by atoms with Crippen molar-refractivity contribution in [1.29, 1.82) is 0 Å². The van der Waals surface area contributed by atoms with Crippen LogP contribution in [0, 0.1) is 18.8 Å². The Balaban J connectivity index is 1.69. The van der Waals surface area contributed by atoms with Crippen LogP contribution < -0.4 is 0 Å². The monoisotopic (exact) mass is 286 g/mol. The van der Waals surface area contributed by atoms with Gasteiger partial charge in [-0.3, -0.25) is 0 Å². The molecule has 116 valence electrons. The van der Waals surface area contributed by atoms with Gasteiger partial charge in [0.05, 0.1) is 0 Å². The van der Waals surface area contributed by atoms with E-state index < -0.39 is 0 Å². The lowest BCUT2D eigenvalue weighted by atomic mass is 9.71. The van der Waals surface area contributed by atoms with E-state index in [1.165, 1.54) is 51.0 Å². The van der Waals surface area contributed by atoms with Crippen LogP contribution in [0.5, 0.6) is 0 Å². The zero-order valence-corrected chi connectivity index (χ0v) is 13.9. The fourth-order valence-electron chi connectivity index (χ4n) is 4.40. The molecule has 21 heavy (non-hydrogen) atoms. The molecule has 0 bridgehead atoms. The van der Waals surface area contributed by atoms with Gasteiger partial charge in [-0.15, -0.1) is 0 Å². The molecule has 1 aliphatic carbocycles. The molecule has 0 spiro atoms. The van der Waals surface area contributed by atoms with Crippen LogP contribution in [0.1, 0.15) is 36.3 Å². The number of likely N-dealkylation sites (N-methyl/N-ethyl adjacent to an activating group) is 1. The van der Waals surface area contributed by atoms with Crippen molar-refractivity contribution in [3.8, 4) is 0 Å². The quantitative estimate of drug-likeness (QED) is 0.837. The van der Waals surface area contributed by atoms with E-state index in [2.05, 4.69) is 55.1 Å². The van der Waals surface area contributed by atoms with E-state index in [1.54, 1.807) is 5.56 Å². The highest BCUT2D eigenvalue weighted by Gasteiger charge is 2.40. The summed E-state index contributed by atoms with van der Waals surface area (Å²) in [6.45, 7) is 7.30. The minimum absolute atomic E-state index is 0.799. The van der Waals surface area contributed by atoms with Crippen LogP contribution in [0.2, 0.25) is 0 Å². The van der Waals surface area contributed by atoms with Gasteiger partial charge >= 0.3 is 0 Å². The van der Waals surface area contributed by atoms with Crippen LogP contribution in [-0.2, 0) is 0 Å². The molecule has 0 radical (unpaired) electrons. The van der Waals surface area contributed by atoms with Crippen molar-refractivity contribution in [3.05, 3.63) is 35.4 Å². The van der Waals surface area contributed by atoms with Gasteiger partial charge in [-0.05, 0) is 57.2 Å². The Labute approximate surface area is 130 Å². The van der Waals surface area contributed by atoms with E-state index in [9.17, 15) is 0 Å². The van der Waals surface area contributed by atoms with Crippen LogP contribution in [0.15, 0.2) is 24.3 Å². The summed E-state index contributed by atoms with van der Waals surface area (Å²) >= 11 is 0. The summed E-state index contributed by atoms with van der Waals surface area (Å²) in [4.78, 5) is 5.02. The normalized spacial score (nSPS) is 29.8. The van der Waals surface area contributed by atoms with Crippen molar-refractivity contribution in [2.75, 3.05) is 40.3 Å². The largest absolute Gasteiger partial charge is 0.308 e. The second kappa shape index (κ2) is 6.50. The first-order valence-electron chi connectivity index (χ1n) is 8.57. The summed E-state index contributed by atoms with van der Waals surface area (Å²) in [6.07, 6.45) is 4.26. The number of rotatable bonds is 4. The number of hydrogen-bond acceptors (Lipinski definition) is 2. The zero-order chi connectivity index (χ0) is 14.8. The van der Waals surface area contributed by atoms with Crippen LogP contribution in [0.25, 0.3) is 0 Å². The number of hydrogen-bond donors (Lipinski definition) is 0. The molecule has 3 rings (SSSR count). The Morgan fingerprint density at radius 2 is 2.05 bits per heavy atom. The minimum atomic E-state index is 0.799. The lowest BCUT2D eigenvalue weighted by molar-refractivity contribution is 0.256. The third-order valence-electron chi connectivity index (χ3n) is 5.51. The summed E-state index contributed by atoms with van der Waals surface area (Å²) in [7, 11) is 4.36. The van der Waals surface area contributed by atoms with Crippen molar-refractivity contribution in [2.24, 2.45) is 11.8 Å². The van der Waals surface area contributed by atoms with Crippen LogP contribution in [-0.4, -0.2) is 50.1 Å².